The van der Waals surface area contributed by atoms with Crippen molar-refractivity contribution < 1.29 is 5.11 Å². The van der Waals surface area contributed by atoms with Gasteiger partial charge in [0.05, 0.1) is 6.61 Å². The van der Waals surface area contributed by atoms with E-state index in [0.717, 1.165) is 0 Å². The minimum atomic E-state index is 0.0370. The van der Waals surface area contributed by atoms with Crippen molar-refractivity contribution in [1.29, 1.82) is 0 Å². The van der Waals surface area contributed by atoms with Crippen LogP contribution in [-0.4, -0.2) is 11.7 Å². The van der Waals surface area contributed by atoms with Crippen molar-refractivity contribution in [3.63, 3.8) is 0 Å². The van der Waals surface area contributed by atoms with Gasteiger partial charge in [-0.1, -0.05) is 11.6 Å². The molecule has 0 saturated heterocycles. The van der Waals surface area contributed by atoms with Gasteiger partial charge in [0.2, 0.25) is 0 Å². The first-order chi connectivity index (χ1) is 2.77. The Morgan fingerprint density at radius 1 is 2.00 bits per heavy atom. The molecule has 1 N–H and O–H groups in total. The van der Waals surface area contributed by atoms with E-state index < -0.39 is 0 Å². The highest BCUT2D eigenvalue weighted by atomic mass is 35.5. The molecule has 0 aliphatic rings. The predicted molar refractivity (Wildman–Crippen MR) is 26.7 cm³/mol. The summed E-state index contributed by atoms with van der Waals surface area (Å²) >= 11 is 5.28. The Hall–Kier alpha value is -0.0100. The van der Waals surface area contributed by atoms with Crippen molar-refractivity contribution in [2.75, 3.05) is 6.61 Å². The molecule has 0 atom stereocenters. The molecular formula is C4H7ClO. The average Bonchev–Trinajstić information content (AvgIpc) is 1.35. The zero-order chi connectivity index (χ0) is 4.99. The summed E-state index contributed by atoms with van der Waals surface area (Å²) in [5.74, 6) is 0. The molecule has 0 radical (unpaired) electrons. The van der Waals surface area contributed by atoms with Gasteiger partial charge < -0.3 is 5.11 Å². The van der Waals surface area contributed by atoms with E-state index in [1.807, 2.05) is 0 Å². The van der Waals surface area contributed by atoms with Crippen LogP contribution in [0, 0.1) is 0 Å². The lowest BCUT2D eigenvalue weighted by Crippen LogP contribution is -1.69. The lowest BCUT2D eigenvalue weighted by atomic mass is 10.6. The van der Waals surface area contributed by atoms with Gasteiger partial charge in [-0.2, -0.15) is 0 Å². The Kier molecular flexibility index (Phi) is 3.19. The quantitative estimate of drug-likeness (QED) is 0.531. The topological polar surface area (TPSA) is 20.2 Å². The molecule has 0 aromatic rings. The van der Waals surface area contributed by atoms with Gasteiger partial charge in [-0.3, -0.25) is 0 Å². The van der Waals surface area contributed by atoms with Gasteiger partial charge in [-0.05, 0) is 13.0 Å². The maximum absolute atomic E-state index is 8.08. The summed E-state index contributed by atoms with van der Waals surface area (Å²) in [6.45, 7) is 1.76. The number of halogens is 1. The molecule has 0 aromatic heterocycles. The highest BCUT2D eigenvalue weighted by Crippen LogP contribution is 1.94. The van der Waals surface area contributed by atoms with Crippen molar-refractivity contribution >= 4 is 11.6 Å². The lowest BCUT2D eigenvalue weighted by Gasteiger charge is -1.77. The van der Waals surface area contributed by atoms with E-state index >= 15 is 0 Å². The fourth-order valence-corrected chi connectivity index (χ4v) is 0.195. The summed E-state index contributed by atoms with van der Waals surface area (Å²) in [6.07, 6.45) is 1.53. The summed E-state index contributed by atoms with van der Waals surface area (Å²) in [6, 6.07) is 0. The molecular weight excluding hydrogens is 99.5 g/mol. The van der Waals surface area contributed by atoms with Crippen LogP contribution in [0.2, 0.25) is 0 Å². The van der Waals surface area contributed by atoms with Gasteiger partial charge in [0, 0.05) is 5.03 Å². The van der Waals surface area contributed by atoms with E-state index in [2.05, 4.69) is 0 Å². The van der Waals surface area contributed by atoms with Crippen LogP contribution in [0.1, 0.15) is 6.92 Å². The Bertz CT molecular complexity index is 54.6. The number of allylic oxidation sites excluding steroid dienone is 1. The van der Waals surface area contributed by atoms with Crippen LogP contribution in [-0.2, 0) is 0 Å². The Morgan fingerprint density at radius 2 is 2.50 bits per heavy atom. The molecule has 1 nitrogen and oxygen atoms in total. The van der Waals surface area contributed by atoms with Crippen LogP contribution in [0.5, 0.6) is 0 Å². The molecule has 0 rings (SSSR count). The Morgan fingerprint density at radius 3 is 2.50 bits per heavy atom. The van der Waals surface area contributed by atoms with E-state index in [1.54, 1.807) is 6.92 Å². The maximum atomic E-state index is 8.08. The van der Waals surface area contributed by atoms with Crippen molar-refractivity contribution in [2.45, 2.75) is 6.92 Å². The summed E-state index contributed by atoms with van der Waals surface area (Å²) in [4.78, 5) is 0. The Labute approximate surface area is 42.2 Å². The first kappa shape index (κ1) is 5.99. The molecule has 0 unspecified atom stereocenters. The summed E-state index contributed by atoms with van der Waals surface area (Å²) in [7, 11) is 0. The van der Waals surface area contributed by atoms with Crippen molar-refractivity contribution in [1.82, 2.24) is 0 Å². The summed E-state index contributed by atoms with van der Waals surface area (Å²) in [5.41, 5.74) is 0. The SMILES string of the molecule is C/C(Cl)=C\CO. The first-order valence-electron chi connectivity index (χ1n) is 1.70. The first-order valence-corrected chi connectivity index (χ1v) is 2.08. The Balaban J connectivity index is 3.14. The largest absolute Gasteiger partial charge is 0.392 e. The van der Waals surface area contributed by atoms with E-state index in [1.165, 1.54) is 6.08 Å². The van der Waals surface area contributed by atoms with Crippen molar-refractivity contribution in [3.8, 4) is 0 Å². The second-order valence-corrected chi connectivity index (χ2v) is 1.57. The standard InChI is InChI=1S/C4H7ClO/c1-4(5)2-3-6/h2,6H,3H2,1H3/b4-2+. The third-order valence-corrected chi connectivity index (χ3v) is 0.527. The second-order valence-electron chi connectivity index (χ2n) is 0.973. The molecule has 0 bridgehead atoms. The van der Waals surface area contributed by atoms with E-state index in [-0.39, 0.29) is 6.61 Å². The van der Waals surface area contributed by atoms with E-state index in [9.17, 15) is 0 Å². The van der Waals surface area contributed by atoms with Crippen LogP contribution in [0.15, 0.2) is 11.1 Å². The normalized spacial score (nSPS) is 12.2. The van der Waals surface area contributed by atoms with Crippen LogP contribution in [0.25, 0.3) is 0 Å². The highest BCUT2D eigenvalue weighted by Gasteiger charge is 1.71. The maximum Gasteiger partial charge on any atom is 0.0626 e. The van der Waals surface area contributed by atoms with E-state index in [4.69, 9.17) is 16.7 Å². The van der Waals surface area contributed by atoms with Gasteiger partial charge in [0.1, 0.15) is 0 Å². The third-order valence-electron chi connectivity index (χ3n) is 0.373. The van der Waals surface area contributed by atoms with Gasteiger partial charge in [0.15, 0.2) is 0 Å². The van der Waals surface area contributed by atoms with Gasteiger partial charge >= 0.3 is 0 Å². The number of hydrogen-bond acceptors (Lipinski definition) is 1. The number of aliphatic hydroxyl groups excluding tert-OH is 1. The number of rotatable bonds is 1. The molecule has 0 spiro atoms. The fourth-order valence-electron chi connectivity index (χ4n) is 0.126. The third kappa shape index (κ3) is 3.99. The smallest absolute Gasteiger partial charge is 0.0626 e. The number of aliphatic hydroxyl groups is 1. The minimum Gasteiger partial charge on any atom is -0.392 e. The average molecular weight is 107 g/mol. The molecule has 0 amide bonds. The molecule has 2 heteroatoms. The van der Waals surface area contributed by atoms with E-state index in [0.29, 0.717) is 5.03 Å². The fraction of sp³-hybridized carbons (Fsp3) is 0.500. The lowest BCUT2D eigenvalue weighted by molar-refractivity contribution is 0.342. The van der Waals surface area contributed by atoms with Crippen molar-refractivity contribution in [2.24, 2.45) is 0 Å². The van der Waals surface area contributed by atoms with Gasteiger partial charge in [-0.15, -0.1) is 0 Å². The molecule has 0 fully saturated rings. The highest BCUT2D eigenvalue weighted by molar-refractivity contribution is 6.29. The number of hydrogen-bond donors (Lipinski definition) is 1. The van der Waals surface area contributed by atoms with Crippen LogP contribution < -0.4 is 0 Å². The molecule has 0 heterocycles. The van der Waals surface area contributed by atoms with Gasteiger partial charge in [0.25, 0.3) is 0 Å². The zero-order valence-electron chi connectivity index (χ0n) is 3.61. The van der Waals surface area contributed by atoms with Crippen molar-refractivity contribution in [3.05, 3.63) is 11.1 Å². The molecule has 0 aromatic carbocycles. The molecule has 36 valence electrons. The minimum absolute atomic E-state index is 0.0370. The monoisotopic (exact) mass is 106 g/mol. The summed E-state index contributed by atoms with van der Waals surface area (Å²) in [5, 5.41) is 8.71. The molecule has 0 aliphatic carbocycles. The van der Waals surface area contributed by atoms with Crippen LogP contribution in [0.4, 0.5) is 0 Å². The summed E-state index contributed by atoms with van der Waals surface area (Å²) < 4.78 is 0. The molecule has 6 heavy (non-hydrogen) atoms. The second kappa shape index (κ2) is 3.19. The van der Waals surface area contributed by atoms with Crippen LogP contribution in [0.3, 0.4) is 0 Å². The van der Waals surface area contributed by atoms with Crippen LogP contribution >= 0.6 is 11.6 Å². The zero-order valence-corrected chi connectivity index (χ0v) is 4.37. The molecule has 0 saturated carbocycles. The van der Waals surface area contributed by atoms with Gasteiger partial charge in [-0.25, -0.2) is 0 Å². The predicted octanol–water partition coefficient (Wildman–Crippen LogP) is 1.12. The molecule has 0 aliphatic heterocycles.